The van der Waals surface area contributed by atoms with Gasteiger partial charge in [0.2, 0.25) is 5.91 Å². The Hall–Kier alpha value is -3.28. The minimum atomic E-state index is -0.399. The van der Waals surface area contributed by atoms with Gasteiger partial charge in [-0.25, -0.2) is 4.79 Å². The molecule has 0 aliphatic rings. The summed E-state index contributed by atoms with van der Waals surface area (Å²) in [4.78, 5) is 23.4. The van der Waals surface area contributed by atoms with Gasteiger partial charge in [0, 0.05) is 23.6 Å². The first-order valence-electron chi connectivity index (χ1n) is 8.14. The first-order chi connectivity index (χ1) is 12.6. The number of anilines is 1. The van der Waals surface area contributed by atoms with Crippen LogP contribution < -0.4 is 20.4 Å². The zero-order chi connectivity index (χ0) is 18.5. The molecule has 0 bridgehead atoms. The van der Waals surface area contributed by atoms with E-state index in [2.05, 4.69) is 5.32 Å². The minimum absolute atomic E-state index is 0.100. The monoisotopic (exact) mass is 353 g/mol. The normalized spacial score (nSPS) is 10.5. The lowest BCUT2D eigenvalue weighted by molar-refractivity contribution is -0.116. The number of benzene rings is 2. The highest BCUT2D eigenvalue weighted by Crippen LogP contribution is 2.28. The van der Waals surface area contributed by atoms with Gasteiger partial charge in [0.05, 0.1) is 14.2 Å². The van der Waals surface area contributed by atoms with E-state index in [9.17, 15) is 9.59 Å². The highest BCUT2D eigenvalue weighted by Gasteiger charge is 2.08. The predicted molar refractivity (Wildman–Crippen MR) is 99.0 cm³/mol. The van der Waals surface area contributed by atoms with Crippen LogP contribution in [0.3, 0.4) is 0 Å². The Bertz CT molecular complexity index is 993. The highest BCUT2D eigenvalue weighted by atomic mass is 16.5. The predicted octanol–water partition coefficient (Wildman–Crippen LogP) is 3.38. The van der Waals surface area contributed by atoms with E-state index in [1.807, 2.05) is 18.2 Å². The number of methoxy groups -OCH3 is 2. The van der Waals surface area contributed by atoms with Gasteiger partial charge in [-0.2, -0.15) is 0 Å². The second kappa shape index (κ2) is 7.74. The fraction of sp³-hybridized carbons (Fsp3) is 0.200. The maximum atomic E-state index is 12.2. The maximum Gasteiger partial charge on any atom is 0.336 e. The Morgan fingerprint density at radius 3 is 2.58 bits per heavy atom. The summed E-state index contributed by atoms with van der Waals surface area (Å²) in [5.41, 5.74) is 1.73. The number of hydrogen-bond donors (Lipinski definition) is 1. The van der Waals surface area contributed by atoms with Gasteiger partial charge >= 0.3 is 5.63 Å². The minimum Gasteiger partial charge on any atom is -0.493 e. The molecule has 1 N–H and O–H groups in total. The summed E-state index contributed by atoms with van der Waals surface area (Å²) >= 11 is 0. The Morgan fingerprint density at radius 1 is 1.00 bits per heavy atom. The largest absolute Gasteiger partial charge is 0.493 e. The molecule has 26 heavy (non-hydrogen) atoms. The van der Waals surface area contributed by atoms with Gasteiger partial charge < -0.3 is 19.2 Å². The van der Waals surface area contributed by atoms with Crippen LogP contribution in [0.2, 0.25) is 0 Å². The average molecular weight is 353 g/mol. The number of nitrogens with one attached hydrogen (secondary N) is 1. The van der Waals surface area contributed by atoms with Crippen molar-refractivity contribution in [2.75, 3.05) is 19.5 Å². The molecule has 0 fully saturated rings. The van der Waals surface area contributed by atoms with E-state index in [0.29, 0.717) is 35.6 Å². The van der Waals surface area contributed by atoms with Gasteiger partial charge in [-0.05, 0) is 48.4 Å². The van der Waals surface area contributed by atoms with E-state index in [1.165, 1.54) is 6.07 Å². The quantitative estimate of drug-likeness (QED) is 0.688. The van der Waals surface area contributed by atoms with E-state index in [4.69, 9.17) is 13.9 Å². The smallest absolute Gasteiger partial charge is 0.336 e. The standard InChI is InChI=1S/C20H19NO5/c1-24-17-7-3-13(11-18(17)25-2)4-9-19(22)21-15-6-8-16-14(12-15)5-10-20(23)26-16/h3,5-8,10-12H,4,9H2,1-2H3,(H,21,22). The number of fused-ring (bicyclic) bond motifs is 1. The van der Waals surface area contributed by atoms with Crippen LogP contribution in [0, 0.1) is 0 Å². The van der Waals surface area contributed by atoms with Crippen molar-refractivity contribution in [3.63, 3.8) is 0 Å². The Balaban J connectivity index is 1.64. The van der Waals surface area contributed by atoms with Crippen LogP contribution in [0.15, 0.2) is 57.7 Å². The molecule has 6 heteroatoms. The molecule has 0 saturated heterocycles. The summed E-state index contributed by atoms with van der Waals surface area (Å²) in [6, 6.07) is 13.8. The number of hydrogen-bond acceptors (Lipinski definition) is 5. The Morgan fingerprint density at radius 2 is 1.81 bits per heavy atom. The summed E-state index contributed by atoms with van der Waals surface area (Å²) in [6.45, 7) is 0. The first kappa shape index (κ1) is 17.5. The van der Waals surface area contributed by atoms with E-state index in [1.54, 1.807) is 38.5 Å². The molecule has 2 aromatic carbocycles. The second-order valence-corrected chi connectivity index (χ2v) is 5.74. The van der Waals surface area contributed by atoms with Crippen molar-refractivity contribution in [1.82, 2.24) is 0 Å². The number of carbonyl (C=O) groups excluding carboxylic acids is 1. The molecule has 1 heterocycles. The molecule has 0 spiro atoms. The SMILES string of the molecule is COc1ccc(CCC(=O)Nc2ccc3oc(=O)ccc3c2)cc1OC. The van der Waals surface area contributed by atoms with Gasteiger partial charge in [-0.15, -0.1) is 0 Å². The molecule has 0 atom stereocenters. The summed E-state index contributed by atoms with van der Waals surface area (Å²) in [6.07, 6.45) is 0.909. The molecule has 134 valence electrons. The van der Waals surface area contributed by atoms with Crippen molar-refractivity contribution in [2.45, 2.75) is 12.8 Å². The lowest BCUT2D eigenvalue weighted by Crippen LogP contribution is -2.12. The van der Waals surface area contributed by atoms with Crippen LogP contribution in [-0.4, -0.2) is 20.1 Å². The first-order valence-corrected chi connectivity index (χ1v) is 8.14. The molecule has 3 aromatic rings. The van der Waals surface area contributed by atoms with Crippen molar-refractivity contribution in [3.8, 4) is 11.5 Å². The molecule has 3 rings (SSSR count). The highest BCUT2D eigenvalue weighted by molar-refractivity contribution is 5.93. The molecule has 1 amide bonds. The van der Waals surface area contributed by atoms with Crippen LogP contribution in [0.25, 0.3) is 11.0 Å². The molecule has 0 unspecified atom stereocenters. The zero-order valence-electron chi connectivity index (χ0n) is 14.6. The van der Waals surface area contributed by atoms with Gasteiger partial charge in [0.1, 0.15) is 5.58 Å². The average Bonchev–Trinajstić information content (AvgIpc) is 2.66. The third-order valence-corrected chi connectivity index (χ3v) is 3.99. The van der Waals surface area contributed by atoms with Crippen LogP contribution in [-0.2, 0) is 11.2 Å². The molecule has 0 radical (unpaired) electrons. The van der Waals surface area contributed by atoms with Crippen molar-refractivity contribution >= 4 is 22.6 Å². The maximum absolute atomic E-state index is 12.2. The molecule has 0 aliphatic carbocycles. The van der Waals surface area contributed by atoms with Crippen LogP contribution in [0.5, 0.6) is 11.5 Å². The lowest BCUT2D eigenvalue weighted by atomic mass is 10.1. The number of aryl methyl sites for hydroxylation is 1. The van der Waals surface area contributed by atoms with Gasteiger partial charge in [0.15, 0.2) is 11.5 Å². The lowest BCUT2D eigenvalue weighted by Gasteiger charge is -2.10. The van der Waals surface area contributed by atoms with E-state index >= 15 is 0 Å². The topological polar surface area (TPSA) is 77.8 Å². The Kier molecular flexibility index (Phi) is 5.22. The van der Waals surface area contributed by atoms with Gasteiger partial charge in [0.25, 0.3) is 0 Å². The third kappa shape index (κ3) is 4.03. The van der Waals surface area contributed by atoms with Crippen molar-refractivity contribution in [1.29, 1.82) is 0 Å². The van der Waals surface area contributed by atoms with Crippen LogP contribution in [0.1, 0.15) is 12.0 Å². The molecular formula is C20H19NO5. The van der Waals surface area contributed by atoms with E-state index in [0.717, 1.165) is 10.9 Å². The zero-order valence-corrected chi connectivity index (χ0v) is 14.6. The fourth-order valence-corrected chi connectivity index (χ4v) is 2.67. The third-order valence-electron chi connectivity index (χ3n) is 3.99. The summed E-state index contributed by atoms with van der Waals surface area (Å²) in [7, 11) is 3.16. The molecule has 0 aliphatic heterocycles. The molecule has 1 aromatic heterocycles. The second-order valence-electron chi connectivity index (χ2n) is 5.74. The summed E-state index contributed by atoms with van der Waals surface area (Å²) in [5.74, 6) is 1.20. The van der Waals surface area contributed by atoms with Gasteiger partial charge in [-0.3, -0.25) is 4.79 Å². The number of amides is 1. The van der Waals surface area contributed by atoms with Crippen molar-refractivity contribution < 1.29 is 18.7 Å². The molecular weight excluding hydrogens is 334 g/mol. The number of carbonyl (C=O) groups is 1. The van der Waals surface area contributed by atoms with Crippen molar-refractivity contribution in [2.24, 2.45) is 0 Å². The molecule has 0 saturated carbocycles. The number of ether oxygens (including phenoxy) is 2. The van der Waals surface area contributed by atoms with Crippen LogP contribution in [0.4, 0.5) is 5.69 Å². The van der Waals surface area contributed by atoms with E-state index < -0.39 is 5.63 Å². The van der Waals surface area contributed by atoms with Gasteiger partial charge in [-0.1, -0.05) is 6.07 Å². The van der Waals surface area contributed by atoms with Crippen LogP contribution >= 0.6 is 0 Å². The Labute approximate surface area is 150 Å². The van der Waals surface area contributed by atoms with Crippen molar-refractivity contribution in [3.05, 3.63) is 64.5 Å². The number of rotatable bonds is 6. The fourth-order valence-electron chi connectivity index (χ4n) is 2.67. The molecule has 6 nitrogen and oxygen atoms in total. The summed E-state index contributed by atoms with van der Waals surface area (Å²) < 4.78 is 15.6. The summed E-state index contributed by atoms with van der Waals surface area (Å²) in [5, 5.41) is 3.61. The van der Waals surface area contributed by atoms with E-state index in [-0.39, 0.29) is 5.91 Å².